The first-order chi connectivity index (χ1) is 13.9. The molecule has 0 saturated heterocycles. The number of aryl methyl sites for hydroxylation is 1. The van der Waals surface area contributed by atoms with E-state index < -0.39 is 5.97 Å². The van der Waals surface area contributed by atoms with Crippen LogP contribution < -0.4 is 5.30 Å². The molecular weight excluding hydrogens is 387 g/mol. The van der Waals surface area contributed by atoms with E-state index in [2.05, 4.69) is 25.5 Å². The van der Waals surface area contributed by atoms with Crippen LogP contribution in [0.25, 0.3) is 0 Å². The van der Waals surface area contributed by atoms with Crippen LogP contribution in [0.2, 0.25) is 0 Å². The molecule has 29 heavy (non-hydrogen) atoms. The van der Waals surface area contributed by atoms with Crippen molar-refractivity contribution in [1.82, 2.24) is 0 Å². The Kier molecular flexibility index (Phi) is 7.94. The number of hydrogen-bond acceptors (Lipinski definition) is 6. The first-order valence-electron chi connectivity index (χ1n) is 8.73. The number of oxime groups is 2. The second kappa shape index (κ2) is 10.4. The van der Waals surface area contributed by atoms with E-state index in [1.807, 2.05) is 44.2 Å². The summed E-state index contributed by atoms with van der Waals surface area (Å²) in [6.45, 7) is 3.89. The summed E-state index contributed by atoms with van der Waals surface area (Å²) in [6, 6.07) is 11.2. The number of nitrogens with zero attached hydrogens (tertiary/aromatic N) is 2. The molecule has 0 aliphatic heterocycles. The van der Waals surface area contributed by atoms with Crippen molar-refractivity contribution in [3.05, 3.63) is 64.2 Å². The van der Waals surface area contributed by atoms with Gasteiger partial charge in [-0.1, -0.05) is 34.4 Å². The van der Waals surface area contributed by atoms with E-state index in [9.17, 15) is 4.79 Å². The second-order valence-corrected chi connectivity index (χ2v) is 6.82. The molecule has 0 heterocycles. The predicted octanol–water partition coefficient (Wildman–Crippen LogP) is 2.94. The van der Waals surface area contributed by atoms with Crippen molar-refractivity contribution in [3.63, 3.8) is 0 Å². The van der Waals surface area contributed by atoms with E-state index in [1.165, 1.54) is 14.2 Å². The Morgan fingerprint density at radius 3 is 2.62 bits per heavy atom. The molecule has 0 aliphatic carbocycles. The molecule has 2 aromatic rings. The summed E-state index contributed by atoms with van der Waals surface area (Å²) in [5.41, 5.74) is 4.62. The highest BCUT2D eigenvalue weighted by Gasteiger charge is 2.20. The Morgan fingerprint density at radius 2 is 1.97 bits per heavy atom. The summed E-state index contributed by atoms with van der Waals surface area (Å²) in [5.74, 6) is 2.02. The minimum atomic E-state index is -0.600. The third kappa shape index (κ3) is 5.66. The highest BCUT2D eigenvalue weighted by molar-refractivity contribution is 7.27. The molecule has 0 saturated carbocycles. The number of benzene rings is 2. The summed E-state index contributed by atoms with van der Waals surface area (Å²) in [6.07, 6.45) is 5.50. The zero-order valence-corrected chi connectivity index (χ0v) is 18.0. The van der Waals surface area contributed by atoms with Gasteiger partial charge in [-0.15, -0.1) is 15.7 Å². The van der Waals surface area contributed by atoms with Gasteiger partial charge >= 0.3 is 5.97 Å². The Bertz CT molecular complexity index is 1010. The van der Waals surface area contributed by atoms with Gasteiger partial charge in [0.2, 0.25) is 0 Å². The molecule has 0 bridgehead atoms. The summed E-state index contributed by atoms with van der Waals surface area (Å²) >= 11 is 0. The van der Waals surface area contributed by atoms with Gasteiger partial charge in [-0.05, 0) is 42.9 Å². The number of carbonyl (C=O) groups is 1. The SMILES string of the molecule is C#Cc1cc(P)cc(/C(C)=N/OCc2c(C)cccc2/C(=N\OC)C(=O)OC)c1. The van der Waals surface area contributed by atoms with Gasteiger partial charge in [-0.3, -0.25) is 0 Å². The molecule has 2 rings (SSSR count). The smallest absolute Gasteiger partial charge is 0.360 e. The first kappa shape index (κ1) is 22.1. The Morgan fingerprint density at radius 1 is 1.21 bits per heavy atom. The van der Waals surface area contributed by atoms with Gasteiger partial charge in [0.25, 0.3) is 0 Å². The monoisotopic (exact) mass is 410 g/mol. The average Bonchev–Trinajstić information content (AvgIpc) is 2.72. The molecule has 1 unspecified atom stereocenters. The second-order valence-electron chi connectivity index (χ2n) is 6.15. The van der Waals surface area contributed by atoms with E-state index in [-0.39, 0.29) is 12.3 Å². The normalized spacial score (nSPS) is 11.6. The zero-order valence-electron chi connectivity index (χ0n) is 16.9. The maximum atomic E-state index is 12.1. The Hall–Kier alpha value is -3.16. The third-order valence-electron chi connectivity index (χ3n) is 4.18. The number of methoxy groups -OCH3 is 1. The molecular formula is C22H23N2O4P. The molecule has 2 aromatic carbocycles. The van der Waals surface area contributed by atoms with Crippen molar-refractivity contribution < 1.29 is 19.2 Å². The molecule has 0 aromatic heterocycles. The Balaban J connectivity index is 2.30. The summed E-state index contributed by atoms with van der Waals surface area (Å²) < 4.78 is 4.81. The van der Waals surface area contributed by atoms with Crippen molar-refractivity contribution in [1.29, 1.82) is 0 Å². The lowest BCUT2D eigenvalue weighted by Crippen LogP contribution is -2.20. The van der Waals surface area contributed by atoms with Crippen LogP contribution in [-0.4, -0.2) is 31.6 Å². The number of terminal acetylenes is 1. The third-order valence-corrected chi connectivity index (χ3v) is 4.51. The van der Waals surface area contributed by atoms with Crippen molar-refractivity contribution in [2.24, 2.45) is 10.3 Å². The van der Waals surface area contributed by atoms with Crippen LogP contribution >= 0.6 is 9.24 Å². The highest BCUT2D eigenvalue weighted by atomic mass is 31.0. The number of carbonyl (C=O) groups excluding carboxylic acids is 1. The number of rotatable bonds is 7. The van der Waals surface area contributed by atoms with Gasteiger partial charge in [-0.25, -0.2) is 4.79 Å². The van der Waals surface area contributed by atoms with Crippen molar-refractivity contribution in [2.45, 2.75) is 20.5 Å². The molecule has 150 valence electrons. The fourth-order valence-electron chi connectivity index (χ4n) is 2.69. The molecule has 6 nitrogen and oxygen atoms in total. The lowest BCUT2D eigenvalue weighted by Gasteiger charge is -2.12. The summed E-state index contributed by atoms with van der Waals surface area (Å²) in [4.78, 5) is 22.5. The molecule has 7 heteroatoms. The minimum Gasteiger partial charge on any atom is -0.464 e. The van der Waals surface area contributed by atoms with E-state index in [0.717, 1.165) is 27.6 Å². The lowest BCUT2D eigenvalue weighted by atomic mass is 9.99. The zero-order chi connectivity index (χ0) is 21.4. The molecule has 1 atom stereocenters. The van der Waals surface area contributed by atoms with Crippen LogP contribution in [0.1, 0.15) is 34.7 Å². The maximum Gasteiger partial charge on any atom is 0.360 e. The maximum absolute atomic E-state index is 12.1. The molecule has 0 aliphatic rings. The lowest BCUT2D eigenvalue weighted by molar-refractivity contribution is -0.132. The molecule has 0 radical (unpaired) electrons. The van der Waals surface area contributed by atoms with Crippen LogP contribution in [0.4, 0.5) is 0 Å². The molecule has 0 N–H and O–H groups in total. The Labute approximate surface area is 173 Å². The van der Waals surface area contributed by atoms with E-state index in [4.69, 9.17) is 20.8 Å². The topological polar surface area (TPSA) is 69.5 Å². The number of ether oxygens (including phenoxy) is 1. The predicted molar refractivity (Wildman–Crippen MR) is 117 cm³/mol. The van der Waals surface area contributed by atoms with Gasteiger partial charge in [0.05, 0.1) is 12.8 Å². The van der Waals surface area contributed by atoms with Crippen LogP contribution in [0.15, 0.2) is 46.7 Å². The van der Waals surface area contributed by atoms with Crippen molar-refractivity contribution in [3.8, 4) is 12.3 Å². The van der Waals surface area contributed by atoms with Crippen LogP contribution in [0, 0.1) is 19.3 Å². The standard InChI is InChI=1S/C22H23N2O4P/c1-6-16-10-17(12-18(29)11-16)15(3)23-28-13-20-14(2)8-7-9-19(20)21(24-27-5)22(25)26-4/h1,7-12H,13,29H2,2-5H3/b23-15+,24-21+. The molecule has 0 fully saturated rings. The van der Waals surface area contributed by atoms with Crippen LogP contribution in [-0.2, 0) is 25.8 Å². The van der Waals surface area contributed by atoms with Crippen molar-refractivity contribution in [2.75, 3.05) is 14.2 Å². The molecule has 0 spiro atoms. The highest BCUT2D eigenvalue weighted by Crippen LogP contribution is 2.18. The first-order valence-corrected chi connectivity index (χ1v) is 9.31. The van der Waals surface area contributed by atoms with Gasteiger partial charge in [0.1, 0.15) is 13.7 Å². The largest absolute Gasteiger partial charge is 0.464 e. The summed E-state index contributed by atoms with van der Waals surface area (Å²) in [7, 11) is 5.28. The quantitative estimate of drug-likeness (QED) is 0.231. The number of esters is 1. The van der Waals surface area contributed by atoms with E-state index in [1.54, 1.807) is 6.07 Å². The average molecular weight is 410 g/mol. The fourth-order valence-corrected chi connectivity index (χ4v) is 3.05. The van der Waals surface area contributed by atoms with Gasteiger partial charge in [0, 0.05) is 22.3 Å². The van der Waals surface area contributed by atoms with Crippen LogP contribution in [0.3, 0.4) is 0 Å². The minimum absolute atomic E-state index is 0.0624. The number of hydrogen-bond donors (Lipinski definition) is 0. The van der Waals surface area contributed by atoms with E-state index >= 15 is 0 Å². The van der Waals surface area contributed by atoms with Crippen LogP contribution in [0.5, 0.6) is 0 Å². The fraction of sp³-hybridized carbons (Fsp3) is 0.227. The van der Waals surface area contributed by atoms with E-state index in [0.29, 0.717) is 11.3 Å². The van der Waals surface area contributed by atoms with Gasteiger partial charge in [0.15, 0.2) is 5.71 Å². The van der Waals surface area contributed by atoms with Gasteiger partial charge < -0.3 is 14.4 Å². The van der Waals surface area contributed by atoms with Gasteiger partial charge in [-0.2, -0.15) is 0 Å². The summed E-state index contributed by atoms with van der Waals surface area (Å²) in [5, 5.41) is 8.99. The molecule has 0 amide bonds. The van der Waals surface area contributed by atoms with Crippen molar-refractivity contribution >= 4 is 31.9 Å².